The quantitative estimate of drug-likeness (QED) is 0.798. The first-order valence-corrected chi connectivity index (χ1v) is 8.04. The maximum atomic E-state index is 12.5. The first-order chi connectivity index (χ1) is 9.70. The maximum absolute atomic E-state index is 12.5. The summed E-state index contributed by atoms with van der Waals surface area (Å²) in [6.07, 6.45) is 0. The third-order valence-electron chi connectivity index (χ3n) is 3.59. The van der Waals surface area contributed by atoms with Gasteiger partial charge in [-0.05, 0) is 13.8 Å². The lowest BCUT2D eigenvalue weighted by Crippen LogP contribution is -2.53. The Bertz CT molecular complexity index is 552. The summed E-state index contributed by atoms with van der Waals surface area (Å²) < 4.78 is 0. The fourth-order valence-corrected chi connectivity index (χ4v) is 3.35. The van der Waals surface area contributed by atoms with Crippen molar-refractivity contribution in [2.24, 2.45) is 5.41 Å². The van der Waals surface area contributed by atoms with Crippen LogP contribution in [-0.4, -0.2) is 52.8 Å². The van der Waals surface area contributed by atoms with Gasteiger partial charge in [-0.25, -0.2) is 4.98 Å². The molecule has 1 saturated heterocycles. The zero-order valence-electron chi connectivity index (χ0n) is 13.4. The number of aromatic nitrogens is 1. The number of rotatable bonds is 1. The highest BCUT2D eigenvalue weighted by atomic mass is 32.1. The van der Waals surface area contributed by atoms with Gasteiger partial charge in [-0.15, -0.1) is 11.3 Å². The number of carbonyl (C=O) groups is 2. The van der Waals surface area contributed by atoms with Crippen molar-refractivity contribution in [3.05, 3.63) is 15.6 Å². The Morgan fingerprint density at radius 1 is 1.05 bits per heavy atom. The minimum atomic E-state index is -0.364. The lowest BCUT2D eigenvalue weighted by Gasteiger charge is -2.37. The van der Waals surface area contributed by atoms with E-state index in [1.807, 2.05) is 44.4 Å². The van der Waals surface area contributed by atoms with Gasteiger partial charge in [-0.2, -0.15) is 0 Å². The molecule has 1 aliphatic rings. The Hall–Kier alpha value is -1.43. The van der Waals surface area contributed by atoms with E-state index in [2.05, 4.69) is 4.98 Å². The summed E-state index contributed by atoms with van der Waals surface area (Å²) in [5.41, 5.74) is 0.438. The summed E-state index contributed by atoms with van der Waals surface area (Å²) in [5.74, 6) is 0.195. The average molecular weight is 309 g/mol. The van der Waals surface area contributed by atoms with Gasteiger partial charge in [0, 0.05) is 31.6 Å². The molecule has 116 valence electrons. The molecule has 0 unspecified atom stereocenters. The van der Waals surface area contributed by atoms with Gasteiger partial charge in [0.05, 0.1) is 10.7 Å². The van der Waals surface area contributed by atoms with Crippen LogP contribution in [0, 0.1) is 19.3 Å². The molecule has 0 bridgehead atoms. The smallest absolute Gasteiger partial charge is 0.265 e. The number of hydrogen-bond donors (Lipinski definition) is 0. The minimum Gasteiger partial charge on any atom is -0.339 e. The Balaban J connectivity index is 2.00. The Kier molecular flexibility index (Phi) is 4.37. The Morgan fingerprint density at radius 3 is 2.00 bits per heavy atom. The van der Waals surface area contributed by atoms with E-state index in [0.29, 0.717) is 26.2 Å². The fraction of sp³-hybridized carbons (Fsp3) is 0.667. The molecule has 5 nitrogen and oxygen atoms in total. The third-order valence-corrected chi connectivity index (χ3v) is 4.65. The molecule has 0 aliphatic carbocycles. The molecule has 0 atom stereocenters. The van der Waals surface area contributed by atoms with Crippen molar-refractivity contribution in [3.63, 3.8) is 0 Å². The molecule has 0 radical (unpaired) electrons. The molecular weight excluding hydrogens is 286 g/mol. The zero-order valence-corrected chi connectivity index (χ0v) is 14.2. The second kappa shape index (κ2) is 5.75. The summed E-state index contributed by atoms with van der Waals surface area (Å²) >= 11 is 1.44. The van der Waals surface area contributed by atoms with E-state index in [-0.39, 0.29) is 17.2 Å². The molecular formula is C15H23N3O2S. The molecule has 1 aromatic heterocycles. The van der Waals surface area contributed by atoms with Crippen LogP contribution in [0.25, 0.3) is 0 Å². The van der Waals surface area contributed by atoms with Crippen LogP contribution < -0.4 is 0 Å². The number of thiazole rings is 1. The van der Waals surface area contributed by atoms with Crippen LogP contribution in [0.5, 0.6) is 0 Å². The monoisotopic (exact) mass is 309 g/mol. The van der Waals surface area contributed by atoms with Crippen molar-refractivity contribution in [2.75, 3.05) is 26.2 Å². The lowest BCUT2D eigenvalue weighted by atomic mass is 9.94. The van der Waals surface area contributed by atoms with E-state index in [1.165, 1.54) is 11.3 Å². The van der Waals surface area contributed by atoms with Gasteiger partial charge < -0.3 is 9.80 Å². The summed E-state index contributed by atoms with van der Waals surface area (Å²) in [7, 11) is 0. The molecule has 1 fully saturated rings. The van der Waals surface area contributed by atoms with Crippen molar-refractivity contribution >= 4 is 23.2 Å². The molecule has 2 rings (SSSR count). The van der Waals surface area contributed by atoms with Gasteiger partial charge in [0.15, 0.2) is 0 Å². The third kappa shape index (κ3) is 3.43. The Labute approximate surface area is 130 Å². The highest BCUT2D eigenvalue weighted by Gasteiger charge is 2.31. The second-order valence-electron chi connectivity index (χ2n) is 6.48. The molecule has 2 amide bonds. The van der Waals surface area contributed by atoms with E-state index in [4.69, 9.17) is 0 Å². The fourth-order valence-electron chi connectivity index (χ4n) is 2.46. The van der Waals surface area contributed by atoms with Crippen molar-refractivity contribution in [1.82, 2.24) is 14.8 Å². The SMILES string of the molecule is Cc1nc(C)c(C(=O)N2CCN(C(=O)C(C)(C)C)CC2)s1. The topological polar surface area (TPSA) is 53.5 Å². The normalized spacial score (nSPS) is 16.2. The molecule has 1 aliphatic heterocycles. The summed E-state index contributed by atoms with van der Waals surface area (Å²) in [6, 6.07) is 0. The molecule has 0 aromatic carbocycles. The van der Waals surface area contributed by atoms with E-state index >= 15 is 0 Å². The van der Waals surface area contributed by atoms with Gasteiger partial charge in [0.25, 0.3) is 5.91 Å². The number of amides is 2. The van der Waals surface area contributed by atoms with E-state index < -0.39 is 0 Å². The van der Waals surface area contributed by atoms with Crippen LogP contribution in [0.4, 0.5) is 0 Å². The molecule has 0 saturated carbocycles. The molecule has 2 heterocycles. The van der Waals surface area contributed by atoms with E-state index in [1.54, 1.807) is 0 Å². The minimum absolute atomic E-state index is 0.0426. The van der Waals surface area contributed by atoms with Gasteiger partial charge >= 0.3 is 0 Å². The van der Waals surface area contributed by atoms with Crippen LogP contribution >= 0.6 is 11.3 Å². The van der Waals surface area contributed by atoms with Crippen molar-refractivity contribution in [3.8, 4) is 0 Å². The van der Waals surface area contributed by atoms with E-state index in [9.17, 15) is 9.59 Å². The maximum Gasteiger partial charge on any atom is 0.265 e. The standard InChI is InChI=1S/C15H23N3O2S/c1-10-12(21-11(2)16-10)13(19)17-6-8-18(9-7-17)14(20)15(3,4)5/h6-9H2,1-5H3. The van der Waals surface area contributed by atoms with E-state index in [0.717, 1.165) is 15.6 Å². The lowest BCUT2D eigenvalue weighted by molar-refractivity contribution is -0.140. The summed E-state index contributed by atoms with van der Waals surface area (Å²) in [4.78, 5) is 33.5. The molecule has 0 N–H and O–H groups in total. The van der Waals surface area contributed by atoms with Crippen molar-refractivity contribution < 1.29 is 9.59 Å². The molecule has 0 spiro atoms. The van der Waals surface area contributed by atoms with Crippen molar-refractivity contribution in [2.45, 2.75) is 34.6 Å². The van der Waals surface area contributed by atoms with Crippen LogP contribution in [0.2, 0.25) is 0 Å². The first kappa shape index (κ1) is 15.9. The van der Waals surface area contributed by atoms with Crippen LogP contribution in [0.3, 0.4) is 0 Å². The first-order valence-electron chi connectivity index (χ1n) is 7.23. The number of hydrogen-bond acceptors (Lipinski definition) is 4. The highest BCUT2D eigenvalue weighted by Crippen LogP contribution is 2.22. The number of aryl methyl sites for hydroxylation is 2. The number of carbonyl (C=O) groups excluding carboxylic acids is 2. The van der Waals surface area contributed by atoms with Gasteiger partial charge in [0.1, 0.15) is 4.88 Å². The van der Waals surface area contributed by atoms with Crippen molar-refractivity contribution in [1.29, 1.82) is 0 Å². The van der Waals surface area contributed by atoms with Gasteiger partial charge in [0.2, 0.25) is 5.91 Å². The number of nitrogens with zero attached hydrogens (tertiary/aromatic N) is 3. The predicted octanol–water partition coefficient (Wildman–Crippen LogP) is 2.09. The second-order valence-corrected chi connectivity index (χ2v) is 7.69. The van der Waals surface area contributed by atoms with Crippen LogP contribution in [-0.2, 0) is 4.79 Å². The van der Waals surface area contributed by atoms with Gasteiger partial charge in [-0.3, -0.25) is 9.59 Å². The molecule has 6 heteroatoms. The zero-order chi connectivity index (χ0) is 15.8. The van der Waals surface area contributed by atoms with Crippen LogP contribution in [0.15, 0.2) is 0 Å². The summed E-state index contributed by atoms with van der Waals surface area (Å²) in [6.45, 7) is 12.0. The van der Waals surface area contributed by atoms with Gasteiger partial charge in [-0.1, -0.05) is 20.8 Å². The summed E-state index contributed by atoms with van der Waals surface area (Å²) in [5, 5.41) is 0.914. The predicted molar refractivity (Wildman–Crippen MR) is 83.5 cm³/mol. The Morgan fingerprint density at radius 2 is 1.57 bits per heavy atom. The van der Waals surface area contributed by atoms with Crippen LogP contribution in [0.1, 0.15) is 41.1 Å². The average Bonchev–Trinajstić information content (AvgIpc) is 2.75. The number of piperazine rings is 1. The molecule has 1 aromatic rings. The highest BCUT2D eigenvalue weighted by molar-refractivity contribution is 7.13. The largest absolute Gasteiger partial charge is 0.339 e. The molecule has 21 heavy (non-hydrogen) atoms.